The number of para-hydroxylation sites is 1. The second-order valence-corrected chi connectivity index (χ2v) is 6.15. The van der Waals surface area contributed by atoms with Crippen molar-refractivity contribution < 1.29 is 23.5 Å². The lowest BCUT2D eigenvalue weighted by molar-refractivity contribution is -0.136. The largest absolute Gasteiger partial charge is 0.482 e. The average Bonchev–Trinajstić information content (AvgIpc) is 2.60. The molecule has 0 radical (unpaired) electrons. The Morgan fingerprint density at radius 1 is 1.00 bits per heavy atom. The molecule has 0 atom stereocenters. The molecule has 0 bridgehead atoms. The van der Waals surface area contributed by atoms with Crippen LogP contribution < -0.4 is 15.1 Å². The van der Waals surface area contributed by atoms with Gasteiger partial charge in [0.15, 0.2) is 18.0 Å². The van der Waals surface area contributed by atoms with E-state index in [1.54, 1.807) is 25.1 Å². The molecule has 0 spiro atoms. The molecular weight excluding hydrogens is 348 g/mol. The van der Waals surface area contributed by atoms with Crippen LogP contribution in [0.3, 0.4) is 0 Å². The van der Waals surface area contributed by atoms with E-state index in [-0.39, 0.29) is 29.3 Å². The zero-order valence-corrected chi connectivity index (χ0v) is 15.2. The van der Waals surface area contributed by atoms with Crippen molar-refractivity contribution in [3.8, 4) is 11.5 Å². The van der Waals surface area contributed by atoms with Crippen molar-refractivity contribution in [1.82, 2.24) is 0 Å². The van der Waals surface area contributed by atoms with Gasteiger partial charge in [-0.15, -0.1) is 0 Å². The number of benzene rings is 2. The number of Topliss-reactive ketones (excluding diaryl/α,β-unsaturated/α-hetero) is 1. The minimum atomic E-state index is -0.671. The molecule has 0 saturated heterocycles. The van der Waals surface area contributed by atoms with Crippen LogP contribution in [0.25, 0.3) is 11.0 Å². The number of ether oxygens (including phenoxy) is 2. The minimum absolute atomic E-state index is 0.0298. The Kier molecular flexibility index (Phi) is 5.07. The Labute approximate surface area is 155 Å². The van der Waals surface area contributed by atoms with Crippen molar-refractivity contribution in [1.29, 1.82) is 0 Å². The summed E-state index contributed by atoms with van der Waals surface area (Å²) in [6, 6.07) is 11.8. The van der Waals surface area contributed by atoms with Crippen molar-refractivity contribution >= 4 is 22.7 Å². The van der Waals surface area contributed by atoms with Crippen LogP contribution >= 0.6 is 0 Å². The van der Waals surface area contributed by atoms with E-state index in [9.17, 15) is 14.4 Å². The Bertz CT molecular complexity index is 1090. The lowest BCUT2D eigenvalue weighted by atomic mass is 10.0. The Morgan fingerprint density at radius 3 is 2.44 bits per heavy atom. The van der Waals surface area contributed by atoms with Gasteiger partial charge in [0, 0.05) is 11.5 Å². The van der Waals surface area contributed by atoms with Crippen LogP contribution in [-0.4, -0.2) is 18.4 Å². The van der Waals surface area contributed by atoms with Crippen LogP contribution in [0.1, 0.15) is 28.4 Å². The van der Waals surface area contributed by atoms with Gasteiger partial charge in [-0.25, -0.2) is 9.59 Å². The highest BCUT2D eigenvalue weighted by Crippen LogP contribution is 2.29. The molecule has 0 aliphatic rings. The first-order valence-corrected chi connectivity index (χ1v) is 8.34. The number of carbonyl (C=O) groups is 2. The average molecular weight is 366 g/mol. The second-order valence-electron chi connectivity index (χ2n) is 6.15. The van der Waals surface area contributed by atoms with Crippen LogP contribution in [0.4, 0.5) is 0 Å². The van der Waals surface area contributed by atoms with Crippen LogP contribution in [0.15, 0.2) is 51.7 Å². The highest BCUT2D eigenvalue weighted by atomic mass is 16.6. The Balaban J connectivity index is 1.89. The number of fused-ring (bicyclic) bond motifs is 1. The van der Waals surface area contributed by atoms with Gasteiger partial charge in [0.25, 0.3) is 0 Å². The van der Waals surface area contributed by atoms with Gasteiger partial charge in [0.1, 0.15) is 17.1 Å². The van der Waals surface area contributed by atoms with E-state index >= 15 is 0 Å². The smallest absolute Gasteiger partial charge is 0.349 e. The maximum absolute atomic E-state index is 12.2. The predicted molar refractivity (Wildman–Crippen MR) is 99.5 cm³/mol. The van der Waals surface area contributed by atoms with Crippen LogP contribution in [-0.2, 0) is 4.79 Å². The van der Waals surface area contributed by atoms with Crippen molar-refractivity contribution in [3.05, 3.63) is 69.6 Å². The summed E-state index contributed by atoms with van der Waals surface area (Å²) in [4.78, 5) is 36.0. The number of aryl methyl sites for hydroxylation is 2. The predicted octanol–water partition coefficient (Wildman–Crippen LogP) is 3.60. The number of ketones is 1. The van der Waals surface area contributed by atoms with E-state index in [2.05, 4.69) is 0 Å². The quantitative estimate of drug-likeness (QED) is 0.297. The van der Waals surface area contributed by atoms with Crippen molar-refractivity contribution in [3.63, 3.8) is 0 Å². The standard InChI is InChI=1S/C21H18O6/c1-12-6-4-5-7-16(12)25-11-19(24)26-17-9-8-15-13(2)10-18(23)27-21(15)20(17)14(3)22/h4-10H,11H2,1-3H3. The van der Waals surface area contributed by atoms with Crippen LogP contribution in [0.5, 0.6) is 11.5 Å². The molecule has 1 aromatic heterocycles. The van der Waals surface area contributed by atoms with Crippen molar-refractivity contribution in [2.24, 2.45) is 0 Å². The van der Waals surface area contributed by atoms with E-state index in [0.717, 1.165) is 5.56 Å². The third-order valence-electron chi connectivity index (χ3n) is 4.10. The highest BCUT2D eigenvalue weighted by molar-refractivity contribution is 6.08. The first-order chi connectivity index (χ1) is 12.9. The normalized spacial score (nSPS) is 10.6. The lowest BCUT2D eigenvalue weighted by Crippen LogP contribution is -2.19. The maximum atomic E-state index is 12.2. The SMILES string of the molecule is CC(=O)c1c(OC(=O)COc2ccccc2C)ccc2c(C)cc(=O)oc12. The highest BCUT2D eigenvalue weighted by Gasteiger charge is 2.19. The first kappa shape index (κ1) is 18.4. The molecule has 27 heavy (non-hydrogen) atoms. The first-order valence-electron chi connectivity index (χ1n) is 8.34. The molecule has 0 amide bonds. The molecule has 0 fully saturated rings. The van der Waals surface area contributed by atoms with Crippen LogP contribution in [0, 0.1) is 13.8 Å². The molecule has 6 nitrogen and oxygen atoms in total. The maximum Gasteiger partial charge on any atom is 0.349 e. The minimum Gasteiger partial charge on any atom is -0.482 e. The van der Waals surface area contributed by atoms with Gasteiger partial charge in [-0.3, -0.25) is 4.79 Å². The van der Waals surface area contributed by atoms with Gasteiger partial charge >= 0.3 is 11.6 Å². The van der Waals surface area contributed by atoms with E-state index in [0.29, 0.717) is 16.7 Å². The fourth-order valence-electron chi connectivity index (χ4n) is 2.79. The molecule has 1 heterocycles. The van der Waals surface area contributed by atoms with Crippen LogP contribution in [0.2, 0.25) is 0 Å². The van der Waals surface area contributed by atoms with E-state index in [1.807, 2.05) is 19.1 Å². The molecule has 6 heteroatoms. The second kappa shape index (κ2) is 7.45. The number of hydrogen-bond acceptors (Lipinski definition) is 6. The number of carbonyl (C=O) groups excluding carboxylic acids is 2. The molecule has 0 unspecified atom stereocenters. The van der Waals surface area contributed by atoms with E-state index < -0.39 is 11.6 Å². The topological polar surface area (TPSA) is 82.8 Å². The fourth-order valence-corrected chi connectivity index (χ4v) is 2.79. The summed E-state index contributed by atoms with van der Waals surface area (Å²) >= 11 is 0. The van der Waals surface area contributed by atoms with Gasteiger partial charge in [0.05, 0.1) is 0 Å². The molecule has 0 saturated carbocycles. The molecule has 0 N–H and O–H groups in total. The zero-order chi connectivity index (χ0) is 19.6. The van der Waals surface area contributed by atoms with E-state index in [4.69, 9.17) is 13.9 Å². The lowest BCUT2D eigenvalue weighted by Gasteiger charge is -2.12. The third kappa shape index (κ3) is 3.89. The van der Waals surface area contributed by atoms with Gasteiger partial charge in [-0.1, -0.05) is 18.2 Å². The zero-order valence-electron chi connectivity index (χ0n) is 15.2. The number of rotatable bonds is 5. The van der Waals surface area contributed by atoms with Gasteiger partial charge in [0.2, 0.25) is 0 Å². The van der Waals surface area contributed by atoms with Crippen molar-refractivity contribution in [2.75, 3.05) is 6.61 Å². The molecule has 3 rings (SSSR count). The summed E-state index contributed by atoms with van der Waals surface area (Å²) in [7, 11) is 0. The molecule has 138 valence electrons. The summed E-state index contributed by atoms with van der Waals surface area (Å²) in [6.45, 7) is 4.60. The molecule has 2 aromatic carbocycles. The van der Waals surface area contributed by atoms with E-state index in [1.165, 1.54) is 19.1 Å². The summed E-state index contributed by atoms with van der Waals surface area (Å²) < 4.78 is 16.0. The fraction of sp³-hybridized carbons (Fsp3) is 0.190. The Morgan fingerprint density at radius 2 is 1.74 bits per heavy atom. The van der Waals surface area contributed by atoms with Gasteiger partial charge in [-0.05, 0) is 50.1 Å². The summed E-state index contributed by atoms with van der Waals surface area (Å²) in [5.41, 5.74) is 1.14. The number of esters is 1. The van der Waals surface area contributed by atoms with Gasteiger partial charge in [-0.2, -0.15) is 0 Å². The monoisotopic (exact) mass is 366 g/mol. The van der Waals surface area contributed by atoms with Crippen molar-refractivity contribution in [2.45, 2.75) is 20.8 Å². The third-order valence-corrected chi connectivity index (χ3v) is 4.10. The summed E-state index contributed by atoms with van der Waals surface area (Å²) in [6.07, 6.45) is 0. The number of hydrogen-bond donors (Lipinski definition) is 0. The molecular formula is C21H18O6. The van der Waals surface area contributed by atoms with Gasteiger partial charge < -0.3 is 13.9 Å². The Hall–Kier alpha value is -3.41. The summed E-state index contributed by atoms with van der Waals surface area (Å²) in [5.74, 6) is -0.449. The summed E-state index contributed by atoms with van der Waals surface area (Å²) in [5, 5.41) is 0.607. The molecule has 0 aliphatic carbocycles. The molecule has 0 aliphatic heterocycles. The molecule has 3 aromatic rings.